The van der Waals surface area contributed by atoms with Crippen molar-refractivity contribution in [2.45, 2.75) is 77.3 Å². The highest BCUT2D eigenvalue weighted by Crippen LogP contribution is 2.43. The molecule has 2 aromatic heterocycles. The number of benzene rings is 2. The van der Waals surface area contributed by atoms with Crippen molar-refractivity contribution in [2.75, 3.05) is 26.2 Å². The van der Waals surface area contributed by atoms with Crippen LogP contribution in [0.25, 0.3) is 21.8 Å². The lowest BCUT2D eigenvalue weighted by Gasteiger charge is -2.34. The van der Waals surface area contributed by atoms with Gasteiger partial charge >= 0.3 is 11.9 Å². The summed E-state index contributed by atoms with van der Waals surface area (Å²) in [6.07, 6.45) is 5.00. The Morgan fingerprint density at radius 2 is 1.06 bits per heavy atom. The predicted octanol–water partition coefficient (Wildman–Crippen LogP) is 6.71. The molecule has 0 saturated carbocycles. The first-order valence-electron chi connectivity index (χ1n) is 17.1. The number of ether oxygens (including phenoxy) is 2. The number of rotatable bonds is 10. The van der Waals surface area contributed by atoms with Crippen LogP contribution >= 0.6 is 0 Å². The maximum Gasteiger partial charge on any atom is 0.336 e. The van der Waals surface area contributed by atoms with Gasteiger partial charge in [-0.3, -0.25) is 20.2 Å². The minimum Gasteiger partial charge on any atom is -0.421 e. The first-order valence-corrected chi connectivity index (χ1v) is 17.1. The second-order valence-corrected chi connectivity index (χ2v) is 13.6. The highest BCUT2D eigenvalue weighted by molar-refractivity contribution is 6.00. The Morgan fingerprint density at radius 1 is 0.700 bits per heavy atom. The Balaban J connectivity index is 1.25. The van der Waals surface area contributed by atoms with Crippen molar-refractivity contribution in [3.63, 3.8) is 0 Å². The molecule has 2 N–H and O–H groups in total. The van der Waals surface area contributed by atoms with E-state index in [9.17, 15) is 29.8 Å². The number of aromatic nitrogens is 2. The molecule has 14 heteroatoms. The number of hydrogen-bond acceptors (Lipinski definition) is 10. The van der Waals surface area contributed by atoms with Gasteiger partial charge in [0.15, 0.2) is 11.5 Å². The SMILES string of the molecule is CC(C)N1CCC(c2[nH]c3c([N+](=O)[O-])cccc3c2OC(=O)/C=C\C(=O)Oc2c(C3CCN(C(C)C)CC3)[nH]c3c([N+](=O)[O-])cccc23)CC1. The van der Waals surface area contributed by atoms with Crippen LogP contribution in [0, 0.1) is 20.2 Å². The van der Waals surface area contributed by atoms with E-state index in [0.717, 1.165) is 64.0 Å². The van der Waals surface area contributed by atoms with Gasteiger partial charge in [0.2, 0.25) is 0 Å². The number of non-ortho nitro benzene ring substituents is 2. The molecular formula is C36H42N6O8. The lowest BCUT2D eigenvalue weighted by Crippen LogP contribution is -2.38. The van der Waals surface area contributed by atoms with E-state index in [1.165, 1.54) is 12.1 Å². The van der Waals surface area contributed by atoms with Gasteiger partial charge in [-0.25, -0.2) is 9.59 Å². The van der Waals surface area contributed by atoms with Crippen LogP contribution in [0.1, 0.15) is 76.6 Å². The zero-order valence-corrected chi connectivity index (χ0v) is 28.6. The Hall–Kier alpha value is -5.08. The first kappa shape index (κ1) is 34.8. The van der Waals surface area contributed by atoms with E-state index in [1.807, 2.05) is 0 Å². The van der Waals surface area contributed by atoms with Crippen LogP contribution < -0.4 is 9.47 Å². The molecular weight excluding hydrogens is 644 g/mol. The molecule has 0 aliphatic carbocycles. The number of carbonyl (C=O) groups excluding carboxylic acids is 2. The van der Waals surface area contributed by atoms with E-state index >= 15 is 0 Å². The van der Waals surface area contributed by atoms with E-state index < -0.39 is 21.8 Å². The zero-order valence-electron chi connectivity index (χ0n) is 28.6. The highest BCUT2D eigenvalue weighted by atomic mass is 16.6. The van der Waals surface area contributed by atoms with E-state index in [4.69, 9.17) is 9.47 Å². The molecule has 0 unspecified atom stereocenters. The van der Waals surface area contributed by atoms with Crippen molar-refractivity contribution >= 4 is 45.1 Å². The molecule has 50 heavy (non-hydrogen) atoms. The summed E-state index contributed by atoms with van der Waals surface area (Å²) in [5, 5.41) is 24.5. The summed E-state index contributed by atoms with van der Waals surface area (Å²) in [7, 11) is 0. The summed E-state index contributed by atoms with van der Waals surface area (Å²) < 4.78 is 11.6. The van der Waals surface area contributed by atoms with E-state index in [-0.39, 0.29) is 45.7 Å². The second kappa shape index (κ2) is 14.4. The number of carbonyl (C=O) groups is 2. The van der Waals surface area contributed by atoms with Crippen molar-refractivity contribution in [2.24, 2.45) is 0 Å². The molecule has 6 rings (SSSR count). The van der Waals surface area contributed by atoms with Crippen LogP contribution in [0.5, 0.6) is 11.5 Å². The molecule has 2 aromatic carbocycles. The van der Waals surface area contributed by atoms with Crippen molar-refractivity contribution < 1.29 is 28.9 Å². The molecule has 0 radical (unpaired) electrons. The van der Waals surface area contributed by atoms with E-state index in [2.05, 4.69) is 47.5 Å². The fraction of sp³-hybridized carbons (Fsp3) is 0.444. The number of nitrogens with one attached hydrogen (secondary N) is 2. The largest absolute Gasteiger partial charge is 0.421 e. The lowest BCUT2D eigenvalue weighted by molar-refractivity contribution is -0.383. The van der Waals surface area contributed by atoms with Crippen LogP contribution in [-0.4, -0.2) is 79.8 Å². The highest BCUT2D eigenvalue weighted by Gasteiger charge is 2.32. The van der Waals surface area contributed by atoms with Gasteiger partial charge in [-0.2, -0.15) is 0 Å². The summed E-state index contributed by atoms with van der Waals surface area (Å²) >= 11 is 0. The standard InChI is InChI=1S/C36H42N6O8/c1-21(2)39-17-13-23(14-18-39)31-35(25-7-5-9-27(41(45)46)33(25)37-31)49-29(43)11-12-30(44)50-36-26-8-6-10-28(42(47)48)34(26)38-32(36)24-15-19-40(20-16-24)22(3)4/h5-12,21-24,37-38H,13-20H2,1-4H3/b12-11-. The predicted molar refractivity (Wildman–Crippen MR) is 188 cm³/mol. The molecule has 14 nitrogen and oxygen atoms in total. The Labute approximate surface area is 288 Å². The Kier molecular flexibility index (Phi) is 10.0. The van der Waals surface area contributed by atoms with Crippen molar-refractivity contribution in [1.82, 2.24) is 19.8 Å². The van der Waals surface area contributed by atoms with Crippen molar-refractivity contribution in [3.8, 4) is 11.5 Å². The Bertz CT molecular complexity index is 1820. The minimum absolute atomic E-state index is 0.0227. The van der Waals surface area contributed by atoms with Gasteiger partial charge in [0.05, 0.1) is 21.2 Å². The third-order valence-corrected chi connectivity index (χ3v) is 10.1. The maximum atomic E-state index is 13.2. The number of H-pyrrole nitrogens is 2. The molecule has 4 heterocycles. The minimum atomic E-state index is -0.855. The van der Waals surface area contributed by atoms with Gasteiger partial charge in [0.1, 0.15) is 11.0 Å². The average Bonchev–Trinajstić information content (AvgIpc) is 3.65. The number of esters is 2. The van der Waals surface area contributed by atoms with Gasteiger partial charge < -0.3 is 29.2 Å². The molecule has 4 aromatic rings. The van der Waals surface area contributed by atoms with Gasteiger partial charge in [-0.15, -0.1) is 0 Å². The topological polar surface area (TPSA) is 177 Å². The summed E-state index contributed by atoms with van der Waals surface area (Å²) in [4.78, 5) is 60.3. The third-order valence-electron chi connectivity index (χ3n) is 10.1. The Morgan fingerprint density at radius 3 is 1.38 bits per heavy atom. The molecule has 0 atom stereocenters. The molecule has 2 aliphatic rings. The number of nitro groups is 2. The van der Waals surface area contributed by atoms with E-state index in [0.29, 0.717) is 34.2 Å². The molecule has 0 spiro atoms. The molecule has 264 valence electrons. The van der Waals surface area contributed by atoms with Crippen molar-refractivity contribution in [1.29, 1.82) is 0 Å². The summed E-state index contributed by atoms with van der Waals surface area (Å²) in [6.45, 7) is 11.9. The van der Waals surface area contributed by atoms with Crippen LogP contribution in [-0.2, 0) is 9.59 Å². The smallest absolute Gasteiger partial charge is 0.336 e. The van der Waals surface area contributed by atoms with E-state index in [1.54, 1.807) is 24.3 Å². The van der Waals surface area contributed by atoms with Crippen LogP contribution in [0.2, 0.25) is 0 Å². The fourth-order valence-electron chi connectivity index (χ4n) is 7.31. The molecule has 0 bridgehead atoms. The van der Waals surface area contributed by atoms with Gasteiger partial charge in [0.25, 0.3) is 11.4 Å². The van der Waals surface area contributed by atoms with Crippen LogP contribution in [0.4, 0.5) is 11.4 Å². The third kappa shape index (κ3) is 6.98. The number of likely N-dealkylation sites (tertiary alicyclic amines) is 2. The zero-order chi connectivity index (χ0) is 35.7. The normalized spacial score (nSPS) is 17.0. The monoisotopic (exact) mass is 686 g/mol. The van der Waals surface area contributed by atoms with Crippen LogP contribution in [0.15, 0.2) is 48.6 Å². The molecule has 2 aliphatic heterocycles. The number of piperidine rings is 2. The summed E-state index contributed by atoms with van der Waals surface area (Å²) in [5.74, 6) is -1.35. The number of hydrogen-bond donors (Lipinski definition) is 2. The van der Waals surface area contributed by atoms with Gasteiger partial charge in [0, 0.05) is 59.0 Å². The van der Waals surface area contributed by atoms with Gasteiger partial charge in [-0.05, 0) is 91.7 Å². The number of nitro benzene ring substituents is 2. The maximum absolute atomic E-state index is 13.2. The molecule has 0 amide bonds. The van der Waals surface area contributed by atoms with Crippen LogP contribution in [0.3, 0.4) is 0 Å². The number of aromatic amines is 2. The van der Waals surface area contributed by atoms with Gasteiger partial charge in [-0.1, -0.05) is 12.1 Å². The number of para-hydroxylation sites is 2. The molecule has 2 fully saturated rings. The average molecular weight is 687 g/mol. The summed E-state index contributed by atoms with van der Waals surface area (Å²) in [6, 6.07) is 9.97. The first-order chi connectivity index (χ1) is 23.9. The lowest BCUT2D eigenvalue weighted by atomic mass is 9.92. The number of fused-ring (bicyclic) bond motifs is 2. The summed E-state index contributed by atoms with van der Waals surface area (Å²) in [5.41, 5.74) is 1.49. The number of nitrogens with zero attached hydrogens (tertiary/aromatic N) is 4. The second-order valence-electron chi connectivity index (χ2n) is 13.6. The molecule has 2 saturated heterocycles. The quantitative estimate of drug-likeness (QED) is 0.0789. The van der Waals surface area contributed by atoms with Crippen molar-refractivity contribution in [3.05, 3.63) is 80.2 Å². The fourth-order valence-corrected chi connectivity index (χ4v) is 7.31.